The van der Waals surface area contributed by atoms with Gasteiger partial charge in [-0.05, 0) is 13.0 Å². The number of nitrogens with zero attached hydrogens (tertiary/aromatic N) is 2. The van der Waals surface area contributed by atoms with Crippen LogP contribution in [-0.4, -0.2) is 40.5 Å². The van der Waals surface area contributed by atoms with E-state index >= 15 is 0 Å². The summed E-state index contributed by atoms with van der Waals surface area (Å²) in [7, 11) is 1.34. The number of rotatable bonds is 1. The first-order chi connectivity index (χ1) is 10.5. The first-order valence-corrected chi connectivity index (χ1v) is 7.94. The van der Waals surface area contributed by atoms with Crippen LogP contribution in [-0.2, 0) is 14.3 Å². The van der Waals surface area contributed by atoms with Crippen LogP contribution in [0.1, 0.15) is 18.5 Å². The average Bonchev–Trinajstić information content (AvgIpc) is 2.85. The Balaban J connectivity index is 1.97. The molecule has 7 heteroatoms. The van der Waals surface area contributed by atoms with E-state index < -0.39 is 23.7 Å². The molecule has 6 nitrogen and oxygen atoms in total. The summed E-state index contributed by atoms with van der Waals surface area (Å²) >= 11 is 1.38. The fourth-order valence-electron chi connectivity index (χ4n) is 3.35. The Bertz CT molecular complexity index is 719. The van der Waals surface area contributed by atoms with Crippen LogP contribution in [0.2, 0.25) is 0 Å². The molecule has 1 aromatic rings. The number of methoxy groups -OCH3 is 1. The largest absolute Gasteiger partial charge is 0.469 e. The molecule has 3 atom stereocenters. The summed E-state index contributed by atoms with van der Waals surface area (Å²) in [4.78, 5) is 30.9. The molecule has 2 bridgehead atoms. The molecule has 0 N–H and O–H groups in total. The highest BCUT2D eigenvalue weighted by molar-refractivity contribution is 8.15. The number of amidine groups is 1. The second-order valence-electron chi connectivity index (χ2n) is 5.59. The third kappa shape index (κ3) is 1.65. The highest BCUT2D eigenvalue weighted by Crippen LogP contribution is 2.52. The van der Waals surface area contributed by atoms with Gasteiger partial charge in [0.1, 0.15) is 11.7 Å². The number of esters is 1. The van der Waals surface area contributed by atoms with Crippen LogP contribution < -0.4 is 4.74 Å². The minimum absolute atomic E-state index is 0.0404. The molecule has 3 aliphatic heterocycles. The van der Waals surface area contributed by atoms with E-state index in [1.807, 2.05) is 24.3 Å². The van der Waals surface area contributed by atoms with Crippen LogP contribution in [0.15, 0.2) is 29.3 Å². The molecule has 3 heterocycles. The zero-order valence-electron chi connectivity index (χ0n) is 12.1. The van der Waals surface area contributed by atoms with Gasteiger partial charge in [-0.2, -0.15) is 0 Å². The van der Waals surface area contributed by atoms with Crippen molar-refractivity contribution in [2.75, 3.05) is 12.9 Å². The Labute approximate surface area is 131 Å². The molecule has 0 radical (unpaired) electrons. The standard InChI is InChI=1S/C15H14N2O4S/c1-15-11(13(19)20-2)12(8-5-3-4-6-9(8)21-15)17-10(18)7-22-14(17)16-15/h3-6,11-12H,7H2,1-2H3/t11-,12-,15+/m0/s1. The maximum Gasteiger partial charge on any atom is 0.317 e. The molecule has 1 fully saturated rings. The van der Waals surface area contributed by atoms with Crippen LogP contribution in [0, 0.1) is 5.92 Å². The van der Waals surface area contributed by atoms with Gasteiger partial charge in [0, 0.05) is 5.56 Å². The zero-order valence-corrected chi connectivity index (χ0v) is 12.9. The molecular weight excluding hydrogens is 304 g/mol. The number of carbonyl (C=O) groups is 2. The first-order valence-electron chi connectivity index (χ1n) is 6.95. The van der Waals surface area contributed by atoms with Crippen molar-refractivity contribution in [3.05, 3.63) is 29.8 Å². The lowest BCUT2D eigenvalue weighted by atomic mass is 9.80. The second-order valence-corrected chi connectivity index (χ2v) is 6.53. The maximum absolute atomic E-state index is 12.4. The predicted octanol–water partition coefficient (Wildman–Crippen LogP) is 1.57. The highest BCUT2D eigenvalue weighted by atomic mass is 32.2. The summed E-state index contributed by atoms with van der Waals surface area (Å²) < 4.78 is 11.0. The van der Waals surface area contributed by atoms with Crippen molar-refractivity contribution in [1.29, 1.82) is 0 Å². The van der Waals surface area contributed by atoms with Gasteiger partial charge < -0.3 is 9.47 Å². The minimum Gasteiger partial charge on any atom is -0.469 e. The molecule has 0 unspecified atom stereocenters. The predicted molar refractivity (Wildman–Crippen MR) is 80.5 cm³/mol. The zero-order chi connectivity index (χ0) is 15.5. The first kappa shape index (κ1) is 13.6. The molecule has 22 heavy (non-hydrogen) atoms. The van der Waals surface area contributed by atoms with Crippen LogP contribution >= 0.6 is 11.8 Å². The lowest BCUT2D eigenvalue weighted by Crippen LogP contribution is -2.59. The van der Waals surface area contributed by atoms with Crippen LogP contribution in [0.4, 0.5) is 0 Å². The van der Waals surface area contributed by atoms with Crippen molar-refractivity contribution in [3.8, 4) is 5.75 Å². The molecule has 4 rings (SSSR count). The van der Waals surface area contributed by atoms with Crippen LogP contribution in [0.3, 0.4) is 0 Å². The summed E-state index contributed by atoms with van der Waals surface area (Å²) in [6.45, 7) is 1.77. The molecule has 0 aromatic heterocycles. The van der Waals surface area contributed by atoms with Gasteiger partial charge in [0.15, 0.2) is 5.17 Å². The summed E-state index contributed by atoms with van der Waals surface area (Å²) in [6, 6.07) is 7.02. The normalized spacial score (nSPS) is 31.8. The molecular formula is C15H14N2O4S. The Kier molecular flexibility index (Phi) is 2.78. The van der Waals surface area contributed by atoms with E-state index in [0.717, 1.165) is 5.56 Å². The van der Waals surface area contributed by atoms with Crippen molar-refractivity contribution >= 4 is 28.8 Å². The Hall–Kier alpha value is -2.02. The molecule has 3 aliphatic rings. The number of fused-ring (bicyclic) bond motifs is 6. The van der Waals surface area contributed by atoms with Crippen LogP contribution in [0.25, 0.3) is 0 Å². The van der Waals surface area contributed by atoms with E-state index in [9.17, 15) is 9.59 Å². The number of hydrogen-bond acceptors (Lipinski definition) is 6. The number of hydrogen-bond donors (Lipinski definition) is 0. The summed E-state index contributed by atoms with van der Waals surface area (Å²) in [6.07, 6.45) is 0. The van der Waals surface area contributed by atoms with Gasteiger partial charge in [0.2, 0.25) is 11.6 Å². The molecule has 1 saturated heterocycles. The van der Waals surface area contributed by atoms with Gasteiger partial charge in [-0.25, -0.2) is 4.99 Å². The van der Waals surface area contributed by atoms with Crippen LogP contribution in [0.5, 0.6) is 5.75 Å². The third-order valence-corrected chi connectivity index (χ3v) is 5.23. The summed E-state index contributed by atoms with van der Waals surface area (Å²) in [5.41, 5.74) is -0.242. The number of carbonyl (C=O) groups excluding carboxylic acids is 2. The van der Waals surface area contributed by atoms with E-state index in [2.05, 4.69) is 4.99 Å². The highest BCUT2D eigenvalue weighted by Gasteiger charge is 2.59. The van der Waals surface area contributed by atoms with Crippen molar-refractivity contribution in [3.63, 3.8) is 0 Å². The van der Waals surface area contributed by atoms with Crippen molar-refractivity contribution in [2.45, 2.75) is 18.7 Å². The SMILES string of the molecule is COC(=O)[C@@H]1[C@@H]2c3ccccc3O[C@@]1(C)N=C1SCC(=O)N12. The average molecular weight is 318 g/mol. The van der Waals surface area contributed by atoms with Crippen molar-refractivity contribution in [1.82, 2.24) is 4.90 Å². The van der Waals surface area contributed by atoms with Gasteiger partial charge in [0.25, 0.3) is 0 Å². The van der Waals surface area contributed by atoms with Crippen molar-refractivity contribution < 1.29 is 19.1 Å². The van der Waals surface area contributed by atoms with Gasteiger partial charge >= 0.3 is 5.97 Å². The summed E-state index contributed by atoms with van der Waals surface area (Å²) in [5, 5.41) is 0.618. The lowest BCUT2D eigenvalue weighted by molar-refractivity contribution is -0.161. The van der Waals surface area contributed by atoms with E-state index in [4.69, 9.17) is 9.47 Å². The fourth-order valence-corrected chi connectivity index (χ4v) is 4.35. The molecule has 1 aromatic carbocycles. The number of thioether (sulfide) groups is 1. The lowest BCUT2D eigenvalue weighted by Gasteiger charge is -2.48. The fraction of sp³-hybridized carbons (Fsp3) is 0.400. The Morgan fingerprint density at radius 3 is 3.05 bits per heavy atom. The van der Waals surface area contributed by atoms with Gasteiger partial charge in [-0.15, -0.1) is 0 Å². The quantitative estimate of drug-likeness (QED) is 0.735. The number of benzene rings is 1. The topological polar surface area (TPSA) is 68.2 Å². The number of amides is 1. The second kappa shape index (κ2) is 4.49. The number of ether oxygens (including phenoxy) is 2. The Morgan fingerprint density at radius 2 is 2.27 bits per heavy atom. The monoisotopic (exact) mass is 318 g/mol. The Morgan fingerprint density at radius 1 is 1.50 bits per heavy atom. The smallest absolute Gasteiger partial charge is 0.317 e. The molecule has 1 amide bonds. The van der Waals surface area contributed by atoms with Gasteiger partial charge in [-0.3, -0.25) is 14.5 Å². The molecule has 0 aliphatic carbocycles. The van der Waals surface area contributed by atoms with Gasteiger partial charge in [0.05, 0.1) is 18.9 Å². The minimum atomic E-state index is -1.06. The molecule has 114 valence electrons. The molecule has 0 saturated carbocycles. The number of para-hydroxylation sites is 1. The van der Waals surface area contributed by atoms with E-state index in [1.165, 1.54) is 18.9 Å². The summed E-state index contributed by atoms with van der Waals surface area (Å²) in [5.74, 6) is -0.154. The third-order valence-electron chi connectivity index (χ3n) is 4.30. The van der Waals surface area contributed by atoms with E-state index in [0.29, 0.717) is 16.7 Å². The van der Waals surface area contributed by atoms with E-state index in [1.54, 1.807) is 11.8 Å². The maximum atomic E-state index is 12.4. The molecule has 0 spiro atoms. The van der Waals surface area contributed by atoms with Gasteiger partial charge in [-0.1, -0.05) is 30.0 Å². The number of aliphatic imine (C=N–C) groups is 1. The van der Waals surface area contributed by atoms with Crippen molar-refractivity contribution in [2.24, 2.45) is 10.9 Å². The van der Waals surface area contributed by atoms with E-state index in [-0.39, 0.29) is 5.91 Å².